The molecule has 0 saturated carbocycles. The quantitative estimate of drug-likeness (QED) is 0.524. The first-order valence-corrected chi connectivity index (χ1v) is 4.66. The summed E-state index contributed by atoms with van der Waals surface area (Å²) in [5.41, 5.74) is 1.71. The highest BCUT2D eigenvalue weighted by atomic mass is 16.1. The van der Waals surface area contributed by atoms with Crippen LogP contribution in [-0.2, 0) is 0 Å². The fourth-order valence-electron chi connectivity index (χ4n) is 1.34. The van der Waals surface area contributed by atoms with Crippen LogP contribution in [0.5, 0.6) is 0 Å². The Hall–Kier alpha value is -1.57. The topological polar surface area (TPSA) is 20.3 Å². The Morgan fingerprint density at radius 1 is 1.43 bits per heavy atom. The van der Waals surface area contributed by atoms with Gasteiger partial charge in [-0.25, -0.2) is 0 Å². The molecule has 2 heteroatoms. The predicted octanol–water partition coefficient (Wildman–Crippen LogP) is 2.51. The number of aldehydes is 1. The van der Waals surface area contributed by atoms with Crippen LogP contribution < -0.4 is 4.90 Å². The third kappa shape index (κ3) is 2.46. The molecule has 0 aromatic heterocycles. The van der Waals surface area contributed by atoms with Gasteiger partial charge >= 0.3 is 0 Å². The molecule has 1 aromatic rings. The van der Waals surface area contributed by atoms with Crippen LogP contribution in [0, 0.1) is 0 Å². The first-order chi connectivity index (χ1) is 6.79. The number of carbonyl (C=O) groups excluding carboxylic acids is 1. The third-order valence-electron chi connectivity index (χ3n) is 2.14. The molecule has 0 saturated heterocycles. The van der Waals surface area contributed by atoms with Crippen molar-refractivity contribution in [1.29, 1.82) is 0 Å². The highest BCUT2D eigenvalue weighted by molar-refractivity contribution is 5.84. The lowest BCUT2D eigenvalue weighted by molar-refractivity contribution is 0.112. The average Bonchev–Trinajstić information content (AvgIpc) is 2.25. The van der Waals surface area contributed by atoms with Crippen molar-refractivity contribution in [1.82, 2.24) is 0 Å². The molecule has 0 atom stereocenters. The fourth-order valence-corrected chi connectivity index (χ4v) is 1.34. The molecule has 0 heterocycles. The maximum absolute atomic E-state index is 10.8. The van der Waals surface area contributed by atoms with Crippen LogP contribution in [0.1, 0.15) is 16.8 Å². The SMILES string of the molecule is C=CCCN(C)c1ccccc1C=O. The summed E-state index contributed by atoms with van der Waals surface area (Å²) in [5, 5.41) is 0. The Morgan fingerprint density at radius 3 is 2.79 bits per heavy atom. The summed E-state index contributed by atoms with van der Waals surface area (Å²) >= 11 is 0. The summed E-state index contributed by atoms with van der Waals surface area (Å²) in [6.45, 7) is 4.56. The smallest absolute Gasteiger partial charge is 0.152 e. The van der Waals surface area contributed by atoms with E-state index in [1.807, 2.05) is 37.4 Å². The van der Waals surface area contributed by atoms with Gasteiger partial charge < -0.3 is 4.90 Å². The van der Waals surface area contributed by atoms with Crippen molar-refractivity contribution in [3.8, 4) is 0 Å². The molecule has 14 heavy (non-hydrogen) atoms. The molecule has 74 valence electrons. The van der Waals surface area contributed by atoms with Crippen LogP contribution in [-0.4, -0.2) is 19.9 Å². The van der Waals surface area contributed by atoms with Crippen LogP contribution in [0.4, 0.5) is 5.69 Å². The summed E-state index contributed by atoms with van der Waals surface area (Å²) in [6.07, 6.45) is 3.68. The number of nitrogens with zero attached hydrogens (tertiary/aromatic N) is 1. The van der Waals surface area contributed by atoms with Crippen LogP contribution in [0.2, 0.25) is 0 Å². The van der Waals surface area contributed by atoms with Crippen molar-refractivity contribution in [3.63, 3.8) is 0 Å². The zero-order chi connectivity index (χ0) is 10.4. The minimum Gasteiger partial charge on any atom is -0.374 e. The van der Waals surface area contributed by atoms with Gasteiger partial charge in [-0.3, -0.25) is 4.79 Å². The van der Waals surface area contributed by atoms with Crippen LogP contribution in [0.3, 0.4) is 0 Å². The maximum Gasteiger partial charge on any atom is 0.152 e. The largest absolute Gasteiger partial charge is 0.374 e. The highest BCUT2D eigenvalue weighted by Gasteiger charge is 2.04. The van der Waals surface area contributed by atoms with Crippen molar-refractivity contribution in [2.75, 3.05) is 18.5 Å². The summed E-state index contributed by atoms with van der Waals surface area (Å²) < 4.78 is 0. The van der Waals surface area contributed by atoms with Crippen LogP contribution >= 0.6 is 0 Å². The van der Waals surface area contributed by atoms with Gasteiger partial charge in [-0.1, -0.05) is 18.2 Å². The highest BCUT2D eigenvalue weighted by Crippen LogP contribution is 2.17. The molecule has 0 amide bonds. The average molecular weight is 189 g/mol. The predicted molar refractivity (Wildman–Crippen MR) is 59.9 cm³/mol. The Morgan fingerprint density at radius 2 is 2.14 bits per heavy atom. The molecule has 0 radical (unpaired) electrons. The normalized spacial score (nSPS) is 9.50. The number of rotatable bonds is 5. The van der Waals surface area contributed by atoms with Gasteiger partial charge in [0, 0.05) is 24.8 Å². The van der Waals surface area contributed by atoms with Gasteiger partial charge in [0.15, 0.2) is 6.29 Å². The zero-order valence-corrected chi connectivity index (χ0v) is 8.44. The summed E-state index contributed by atoms with van der Waals surface area (Å²) in [7, 11) is 1.98. The van der Waals surface area contributed by atoms with Crippen molar-refractivity contribution in [3.05, 3.63) is 42.5 Å². The maximum atomic E-state index is 10.8. The number of anilines is 1. The van der Waals surface area contributed by atoms with E-state index in [0.717, 1.165) is 30.5 Å². The van der Waals surface area contributed by atoms with Crippen molar-refractivity contribution in [2.45, 2.75) is 6.42 Å². The van der Waals surface area contributed by atoms with E-state index in [2.05, 4.69) is 11.5 Å². The molecule has 1 aromatic carbocycles. The lowest BCUT2D eigenvalue weighted by Crippen LogP contribution is -2.19. The van der Waals surface area contributed by atoms with Gasteiger partial charge in [0.2, 0.25) is 0 Å². The lowest BCUT2D eigenvalue weighted by Gasteiger charge is -2.19. The van der Waals surface area contributed by atoms with E-state index in [-0.39, 0.29) is 0 Å². The number of carbonyl (C=O) groups is 1. The standard InChI is InChI=1S/C12H15NO/c1-3-4-9-13(2)12-8-6-5-7-11(12)10-14/h3,5-8,10H,1,4,9H2,2H3. The zero-order valence-electron chi connectivity index (χ0n) is 8.44. The minimum atomic E-state index is 0.735. The number of hydrogen-bond acceptors (Lipinski definition) is 2. The number of benzene rings is 1. The molecular formula is C12H15NO. The second-order valence-corrected chi connectivity index (χ2v) is 3.18. The third-order valence-corrected chi connectivity index (χ3v) is 2.14. The Balaban J connectivity index is 2.82. The second kappa shape index (κ2) is 5.22. The summed E-state index contributed by atoms with van der Waals surface area (Å²) in [4.78, 5) is 12.8. The molecular weight excluding hydrogens is 174 g/mol. The first-order valence-electron chi connectivity index (χ1n) is 4.66. The Bertz CT molecular complexity index is 320. The van der Waals surface area contributed by atoms with Gasteiger partial charge in [-0.05, 0) is 18.6 Å². The van der Waals surface area contributed by atoms with Gasteiger partial charge in [0.25, 0.3) is 0 Å². The van der Waals surface area contributed by atoms with Gasteiger partial charge in [-0.2, -0.15) is 0 Å². The van der Waals surface area contributed by atoms with E-state index in [9.17, 15) is 4.79 Å². The van der Waals surface area contributed by atoms with E-state index in [1.54, 1.807) is 0 Å². The molecule has 0 bridgehead atoms. The fraction of sp³-hybridized carbons (Fsp3) is 0.250. The van der Waals surface area contributed by atoms with E-state index in [0.29, 0.717) is 0 Å². The molecule has 0 aliphatic heterocycles. The van der Waals surface area contributed by atoms with E-state index >= 15 is 0 Å². The first kappa shape index (κ1) is 10.5. The van der Waals surface area contributed by atoms with Crippen molar-refractivity contribution in [2.24, 2.45) is 0 Å². The van der Waals surface area contributed by atoms with Crippen LogP contribution in [0.15, 0.2) is 36.9 Å². The molecule has 0 aliphatic carbocycles. The number of para-hydroxylation sites is 1. The monoisotopic (exact) mass is 189 g/mol. The van der Waals surface area contributed by atoms with Crippen molar-refractivity contribution >= 4 is 12.0 Å². The summed E-state index contributed by atoms with van der Waals surface area (Å²) in [6, 6.07) is 7.58. The second-order valence-electron chi connectivity index (χ2n) is 3.18. The molecule has 2 nitrogen and oxygen atoms in total. The van der Waals surface area contributed by atoms with E-state index in [1.165, 1.54) is 0 Å². The molecule has 1 rings (SSSR count). The van der Waals surface area contributed by atoms with Crippen LogP contribution in [0.25, 0.3) is 0 Å². The van der Waals surface area contributed by atoms with Gasteiger partial charge in [0.05, 0.1) is 0 Å². The van der Waals surface area contributed by atoms with Crippen molar-refractivity contribution < 1.29 is 4.79 Å². The molecule has 0 fully saturated rings. The van der Waals surface area contributed by atoms with Gasteiger partial charge in [0.1, 0.15) is 0 Å². The number of hydrogen-bond donors (Lipinski definition) is 0. The molecule has 0 N–H and O–H groups in total. The molecule has 0 unspecified atom stereocenters. The Labute approximate surface area is 84.9 Å². The lowest BCUT2D eigenvalue weighted by atomic mass is 10.2. The molecule has 0 aliphatic rings. The minimum absolute atomic E-state index is 0.735. The van der Waals surface area contributed by atoms with E-state index in [4.69, 9.17) is 0 Å². The molecule has 0 spiro atoms. The Kier molecular flexibility index (Phi) is 3.92. The summed E-state index contributed by atoms with van der Waals surface area (Å²) in [5.74, 6) is 0. The van der Waals surface area contributed by atoms with Gasteiger partial charge in [-0.15, -0.1) is 6.58 Å². The van der Waals surface area contributed by atoms with E-state index < -0.39 is 0 Å².